The number of hydrogen-bond acceptors (Lipinski definition) is 5. The third kappa shape index (κ3) is 3.05. The molecule has 0 bridgehead atoms. The van der Waals surface area contributed by atoms with Crippen LogP contribution in [0.2, 0.25) is 0 Å². The number of rotatable bonds is 5. The first-order chi connectivity index (χ1) is 8.48. The molecule has 1 aliphatic rings. The summed E-state index contributed by atoms with van der Waals surface area (Å²) in [5.74, 6) is -0.0371. The third-order valence-corrected chi connectivity index (χ3v) is 4.65. The van der Waals surface area contributed by atoms with Crippen LogP contribution < -0.4 is 5.32 Å². The summed E-state index contributed by atoms with van der Waals surface area (Å²) in [5.41, 5.74) is 0.127. The number of sulfone groups is 1. The van der Waals surface area contributed by atoms with Crippen molar-refractivity contribution in [3.05, 3.63) is 39.9 Å². The van der Waals surface area contributed by atoms with Gasteiger partial charge in [-0.1, -0.05) is 18.2 Å². The van der Waals surface area contributed by atoms with E-state index >= 15 is 0 Å². The Bertz CT molecular complexity index is 552. The average Bonchev–Trinajstić information content (AvgIpc) is 2.24. The molecule has 1 saturated heterocycles. The largest absolute Gasteiger partial charge is 0.316 e. The number of nitrogens with zero attached hydrogens (tertiary/aromatic N) is 1. The number of nitro benzene ring substituents is 1. The predicted octanol–water partition coefficient (Wildman–Crippen LogP) is 0.729. The topological polar surface area (TPSA) is 89.3 Å². The molecule has 1 aliphatic heterocycles. The molecule has 2 rings (SSSR count). The second kappa shape index (κ2) is 5.03. The van der Waals surface area contributed by atoms with Crippen molar-refractivity contribution in [3.63, 3.8) is 0 Å². The lowest BCUT2D eigenvalue weighted by Gasteiger charge is -2.26. The maximum Gasteiger partial charge on any atom is 0.273 e. The van der Waals surface area contributed by atoms with Crippen LogP contribution in [-0.2, 0) is 15.6 Å². The van der Waals surface area contributed by atoms with Gasteiger partial charge in [0.2, 0.25) is 0 Å². The fourth-order valence-corrected chi connectivity index (χ4v) is 3.72. The second-order valence-corrected chi connectivity index (χ2v) is 6.57. The third-order valence-electron chi connectivity index (χ3n) is 2.92. The monoisotopic (exact) mass is 270 g/mol. The van der Waals surface area contributed by atoms with Gasteiger partial charge < -0.3 is 5.32 Å². The van der Waals surface area contributed by atoms with E-state index in [0.717, 1.165) is 0 Å². The van der Waals surface area contributed by atoms with E-state index in [1.54, 1.807) is 6.07 Å². The summed E-state index contributed by atoms with van der Waals surface area (Å²) in [6.07, 6.45) is 0. The van der Waals surface area contributed by atoms with Gasteiger partial charge >= 0.3 is 0 Å². The number of nitro groups is 1. The van der Waals surface area contributed by atoms with Crippen molar-refractivity contribution in [3.8, 4) is 0 Å². The molecular formula is C11H14N2O4S. The Labute approximate surface area is 105 Å². The molecule has 0 spiro atoms. The molecule has 6 nitrogen and oxygen atoms in total. The van der Waals surface area contributed by atoms with Gasteiger partial charge in [-0.15, -0.1) is 0 Å². The first-order valence-corrected chi connectivity index (χ1v) is 7.43. The van der Waals surface area contributed by atoms with Crippen molar-refractivity contribution in [2.75, 3.05) is 18.8 Å². The van der Waals surface area contributed by atoms with Crippen LogP contribution in [0.25, 0.3) is 0 Å². The lowest BCUT2D eigenvalue weighted by Crippen LogP contribution is -2.45. The van der Waals surface area contributed by atoms with Gasteiger partial charge in [0, 0.05) is 24.7 Å². The molecule has 1 N–H and O–H groups in total. The molecule has 0 unspecified atom stereocenters. The van der Waals surface area contributed by atoms with Gasteiger partial charge in [0.1, 0.15) is 0 Å². The Kier molecular flexibility index (Phi) is 3.63. The molecule has 1 aromatic rings. The molecule has 7 heteroatoms. The molecule has 0 aliphatic carbocycles. The van der Waals surface area contributed by atoms with Gasteiger partial charge in [-0.05, 0) is 5.92 Å². The van der Waals surface area contributed by atoms with E-state index in [1.165, 1.54) is 18.2 Å². The molecule has 0 amide bonds. The van der Waals surface area contributed by atoms with Crippen molar-refractivity contribution in [1.82, 2.24) is 5.32 Å². The highest BCUT2D eigenvalue weighted by Crippen LogP contribution is 2.21. The van der Waals surface area contributed by atoms with Gasteiger partial charge in [0.15, 0.2) is 9.84 Å². The molecule has 1 heterocycles. The fraction of sp³-hybridized carbons (Fsp3) is 0.455. The van der Waals surface area contributed by atoms with E-state index in [4.69, 9.17) is 0 Å². The van der Waals surface area contributed by atoms with Gasteiger partial charge in [-0.25, -0.2) is 8.42 Å². The standard InChI is InChI=1S/C11H14N2O4S/c14-13(15)11-4-2-1-3-10(11)8-18(16,17)7-9-5-12-6-9/h1-4,9,12H,5-8H2. The molecule has 98 valence electrons. The summed E-state index contributed by atoms with van der Waals surface area (Å²) in [6.45, 7) is 1.41. The average molecular weight is 270 g/mol. The van der Waals surface area contributed by atoms with Gasteiger partial charge in [-0.2, -0.15) is 0 Å². The van der Waals surface area contributed by atoms with Crippen molar-refractivity contribution >= 4 is 15.5 Å². The smallest absolute Gasteiger partial charge is 0.273 e. The van der Waals surface area contributed by atoms with Crippen LogP contribution in [-0.4, -0.2) is 32.2 Å². The molecule has 1 fully saturated rings. The minimum atomic E-state index is -3.30. The molecule has 0 radical (unpaired) electrons. The SMILES string of the molecule is O=[N+]([O-])c1ccccc1CS(=O)(=O)CC1CNC1. The minimum absolute atomic E-state index is 0.0893. The van der Waals surface area contributed by atoms with Gasteiger partial charge in [-0.3, -0.25) is 10.1 Å². The maximum atomic E-state index is 11.9. The highest BCUT2D eigenvalue weighted by atomic mass is 32.2. The zero-order chi connectivity index (χ0) is 13.2. The normalized spacial score (nSPS) is 16.2. The number of para-hydroxylation sites is 1. The van der Waals surface area contributed by atoms with Crippen LogP contribution in [0.4, 0.5) is 5.69 Å². The first kappa shape index (κ1) is 13.0. The Hall–Kier alpha value is -1.47. The van der Waals surface area contributed by atoms with Gasteiger partial charge in [0.05, 0.1) is 16.4 Å². The Morgan fingerprint density at radius 2 is 2.00 bits per heavy atom. The van der Waals surface area contributed by atoms with E-state index in [-0.39, 0.29) is 28.7 Å². The minimum Gasteiger partial charge on any atom is -0.316 e. The summed E-state index contributed by atoms with van der Waals surface area (Å²) in [7, 11) is -3.30. The molecule has 0 aromatic heterocycles. The number of hydrogen-bond donors (Lipinski definition) is 1. The molecule has 0 atom stereocenters. The highest BCUT2D eigenvalue weighted by Gasteiger charge is 2.26. The second-order valence-electron chi connectivity index (χ2n) is 4.46. The summed E-state index contributed by atoms with van der Waals surface area (Å²) in [6, 6.07) is 5.97. The van der Waals surface area contributed by atoms with E-state index < -0.39 is 14.8 Å². The van der Waals surface area contributed by atoms with Gasteiger partial charge in [0.25, 0.3) is 5.69 Å². The molecule has 1 aromatic carbocycles. The molecule has 0 saturated carbocycles. The van der Waals surface area contributed by atoms with E-state index in [1.807, 2.05) is 0 Å². The van der Waals surface area contributed by atoms with E-state index in [2.05, 4.69) is 5.32 Å². The number of nitrogens with one attached hydrogen (secondary N) is 1. The highest BCUT2D eigenvalue weighted by molar-refractivity contribution is 7.90. The maximum absolute atomic E-state index is 11.9. The lowest BCUT2D eigenvalue weighted by atomic mass is 10.1. The zero-order valence-electron chi connectivity index (χ0n) is 9.70. The summed E-state index contributed by atoms with van der Waals surface area (Å²) in [4.78, 5) is 10.3. The first-order valence-electron chi connectivity index (χ1n) is 5.61. The van der Waals surface area contributed by atoms with E-state index in [9.17, 15) is 18.5 Å². The summed E-state index contributed by atoms with van der Waals surface area (Å²) >= 11 is 0. The Morgan fingerprint density at radius 1 is 1.33 bits per heavy atom. The van der Waals surface area contributed by atoms with Crippen molar-refractivity contribution in [1.29, 1.82) is 0 Å². The van der Waals surface area contributed by atoms with Crippen LogP contribution in [0.15, 0.2) is 24.3 Å². The van der Waals surface area contributed by atoms with Crippen LogP contribution in [0.5, 0.6) is 0 Å². The van der Waals surface area contributed by atoms with Crippen molar-refractivity contribution < 1.29 is 13.3 Å². The fourth-order valence-electron chi connectivity index (χ4n) is 1.93. The predicted molar refractivity (Wildman–Crippen MR) is 66.9 cm³/mol. The quantitative estimate of drug-likeness (QED) is 0.629. The summed E-state index contributed by atoms with van der Waals surface area (Å²) in [5, 5.41) is 13.8. The molecular weight excluding hydrogens is 256 g/mol. The van der Waals surface area contributed by atoms with Crippen molar-refractivity contribution in [2.45, 2.75) is 5.75 Å². The van der Waals surface area contributed by atoms with Crippen LogP contribution in [0.3, 0.4) is 0 Å². The van der Waals surface area contributed by atoms with Crippen LogP contribution >= 0.6 is 0 Å². The van der Waals surface area contributed by atoms with E-state index in [0.29, 0.717) is 13.1 Å². The lowest BCUT2D eigenvalue weighted by molar-refractivity contribution is -0.385. The Balaban J connectivity index is 2.15. The Morgan fingerprint density at radius 3 is 2.56 bits per heavy atom. The zero-order valence-corrected chi connectivity index (χ0v) is 10.5. The van der Waals surface area contributed by atoms with Crippen molar-refractivity contribution in [2.24, 2.45) is 5.92 Å². The number of benzene rings is 1. The van der Waals surface area contributed by atoms with Crippen LogP contribution in [0.1, 0.15) is 5.56 Å². The molecule has 18 heavy (non-hydrogen) atoms. The van der Waals surface area contributed by atoms with Crippen LogP contribution in [0, 0.1) is 16.0 Å². The summed E-state index contributed by atoms with van der Waals surface area (Å²) < 4.78 is 23.9.